The van der Waals surface area contributed by atoms with Crippen molar-refractivity contribution in [2.45, 2.75) is 125 Å². The lowest BCUT2D eigenvalue weighted by atomic mass is 9.31. The van der Waals surface area contributed by atoms with Crippen LogP contribution in [0.4, 0.5) is 0 Å². The van der Waals surface area contributed by atoms with Crippen LogP contribution < -0.4 is 0 Å². The Morgan fingerprint density at radius 2 is 1.38 bits per heavy atom. The largest absolute Gasteiger partial charge is 0.393 e. The summed E-state index contributed by atoms with van der Waals surface area (Å²) in [6.45, 7) is 19.6. The molecule has 5 aliphatic carbocycles. The first-order valence-corrected chi connectivity index (χ1v) is 13.7. The molecule has 5 rings (SSSR count). The number of rotatable bonds is 0. The second-order valence-electron chi connectivity index (χ2n) is 15.2. The molecule has 4 fully saturated rings. The summed E-state index contributed by atoms with van der Waals surface area (Å²) >= 11 is 0. The van der Waals surface area contributed by atoms with Crippen LogP contribution in [-0.2, 0) is 0 Å². The molecule has 2 nitrogen and oxygen atoms in total. The molecule has 0 amide bonds. The molecule has 182 valence electrons. The third-order valence-electron chi connectivity index (χ3n) is 13.0. The van der Waals surface area contributed by atoms with Gasteiger partial charge in [0.05, 0.1) is 12.2 Å². The molecule has 0 heterocycles. The van der Waals surface area contributed by atoms with Crippen molar-refractivity contribution in [1.29, 1.82) is 0 Å². The zero-order chi connectivity index (χ0) is 23.5. The Kier molecular flexibility index (Phi) is 4.87. The smallest absolute Gasteiger partial charge is 0.0605 e. The molecule has 9 atom stereocenters. The van der Waals surface area contributed by atoms with Crippen LogP contribution in [-0.4, -0.2) is 22.4 Å². The van der Waals surface area contributed by atoms with Gasteiger partial charge >= 0.3 is 0 Å². The number of fused-ring (bicyclic) bond motifs is 7. The molecular weight excluding hydrogens is 392 g/mol. The molecule has 2 N–H and O–H groups in total. The van der Waals surface area contributed by atoms with Gasteiger partial charge in [0, 0.05) is 10.8 Å². The number of aliphatic hydroxyl groups excluding tert-OH is 2. The van der Waals surface area contributed by atoms with E-state index in [-0.39, 0.29) is 39.3 Å². The Balaban J connectivity index is 1.63. The number of allylic oxidation sites excluding steroid dienone is 2. The topological polar surface area (TPSA) is 40.5 Å². The van der Waals surface area contributed by atoms with E-state index in [4.69, 9.17) is 0 Å². The highest BCUT2D eigenvalue weighted by Gasteiger charge is 2.72. The van der Waals surface area contributed by atoms with Gasteiger partial charge in [-0.3, -0.25) is 0 Å². The van der Waals surface area contributed by atoms with Gasteiger partial charge in [0.25, 0.3) is 0 Å². The van der Waals surface area contributed by atoms with Crippen molar-refractivity contribution >= 4 is 0 Å². The molecule has 2 heteroatoms. The number of aliphatic hydroxyl groups is 2. The fraction of sp³-hybridized carbons (Fsp3) is 0.933. The molecule has 0 saturated heterocycles. The minimum Gasteiger partial charge on any atom is -0.393 e. The first kappa shape index (κ1) is 23.4. The van der Waals surface area contributed by atoms with Gasteiger partial charge in [-0.25, -0.2) is 0 Å². The average molecular weight is 443 g/mol. The SMILES string of the molecule is CC1(C)C=C2[C@@H]3CC[C@@H]4[C@@]5(C)[C@H](O)CCC(C)(C)[C@H]5C[C@H](O)[C@@]4(C)[C@]3(C)CC[C@@]2(C)CC1. The Bertz CT molecular complexity index is 825. The predicted molar refractivity (Wildman–Crippen MR) is 132 cm³/mol. The Morgan fingerprint density at radius 1 is 0.719 bits per heavy atom. The molecule has 0 aromatic rings. The molecule has 5 aliphatic rings. The van der Waals surface area contributed by atoms with Gasteiger partial charge in [-0.05, 0) is 97.2 Å². The predicted octanol–water partition coefficient (Wildman–Crippen LogP) is 7.14. The molecule has 0 bridgehead atoms. The van der Waals surface area contributed by atoms with E-state index in [1.165, 1.54) is 32.1 Å². The first-order chi connectivity index (χ1) is 14.6. The number of hydrogen-bond acceptors (Lipinski definition) is 2. The summed E-state index contributed by atoms with van der Waals surface area (Å²) in [7, 11) is 0. The first-order valence-electron chi connectivity index (χ1n) is 13.7. The highest BCUT2D eigenvalue weighted by Crippen LogP contribution is 2.76. The van der Waals surface area contributed by atoms with Crippen LogP contribution in [0.5, 0.6) is 0 Å². The maximum absolute atomic E-state index is 12.0. The van der Waals surface area contributed by atoms with E-state index < -0.39 is 0 Å². The maximum atomic E-state index is 12.0. The van der Waals surface area contributed by atoms with E-state index in [2.05, 4.69) is 61.5 Å². The van der Waals surface area contributed by atoms with E-state index >= 15 is 0 Å². The van der Waals surface area contributed by atoms with Crippen LogP contribution in [0.25, 0.3) is 0 Å². The van der Waals surface area contributed by atoms with E-state index in [1.807, 2.05) is 0 Å². The van der Waals surface area contributed by atoms with E-state index in [1.54, 1.807) is 5.57 Å². The monoisotopic (exact) mass is 442 g/mol. The summed E-state index contributed by atoms with van der Waals surface area (Å²) in [6, 6.07) is 0. The molecule has 4 saturated carbocycles. The van der Waals surface area contributed by atoms with E-state index in [0.29, 0.717) is 23.2 Å². The van der Waals surface area contributed by atoms with Crippen molar-refractivity contribution in [3.63, 3.8) is 0 Å². The second-order valence-corrected chi connectivity index (χ2v) is 15.2. The van der Waals surface area contributed by atoms with Gasteiger partial charge in [0.2, 0.25) is 0 Å². The van der Waals surface area contributed by atoms with Gasteiger partial charge < -0.3 is 10.2 Å². The Labute approximate surface area is 197 Å². The lowest BCUT2D eigenvalue weighted by Gasteiger charge is -2.73. The van der Waals surface area contributed by atoms with Gasteiger partial charge in [0.1, 0.15) is 0 Å². The van der Waals surface area contributed by atoms with Crippen molar-refractivity contribution < 1.29 is 10.2 Å². The molecule has 0 aromatic carbocycles. The van der Waals surface area contributed by atoms with Crippen LogP contribution in [0, 0.1) is 50.2 Å². The normalized spacial score (nSPS) is 56.2. The highest BCUT2D eigenvalue weighted by molar-refractivity contribution is 5.32. The van der Waals surface area contributed by atoms with Crippen LogP contribution in [0.2, 0.25) is 0 Å². The minimum absolute atomic E-state index is 0.0926. The summed E-state index contributed by atoms with van der Waals surface area (Å²) in [4.78, 5) is 0. The standard InChI is InChI=1S/C30H50O2/c1-25(2)13-14-27(5)15-16-28(6)19(20(27)18-25)9-10-21-29(7)22(17-24(32)30(21,28)8)26(3,4)12-11-23(29)31/h18-19,21-24,31-32H,9-17H2,1-8H3/t19-,21+,22+,23+,24-,27+,28+,29+,30-/m0/s1. The van der Waals surface area contributed by atoms with Crippen LogP contribution in [0.3, 0.4) is 0 Å². The molecule has 32 heavy (non-hydrogen) atoms. The molecule has 0 aromatic heterocycles. The maximum Gasteiger partial charge on any atom is 0.0605 e. The number of hydrogen-bond donors (Lipinski definition) is 2. The highest BCUT2D eigenvalue weighted by atomic mass is 16.3. The molecule has 0 radical (unpaired) electrons. The summed E-state index contributed by atoms with van der Waals surface area (Å²) in [5.74, 6) is 1.36. The van der Waals surface area contributed by atoms with E-state index in [0.717, 1.165) is 25.7 Å². The van der Waals surface area contributed by atoms with Crippen molar-refractivity contribution in [2.75, 3.05) is 0 Å². The van der Waals surface area contributed by atoms with Gasteiger partial charge in [0.15, 0.2) is 0 Å². The lowest BCUT2D eigenvalue weighted by molar-refractivity contribution is -0.280. The van der Waals surface area contributed by atoms with Crippen molar-refractivity contribution in [2.24, 2.45) is 50.2 Å². The average Bonchev–Trinajstić information content (AvgIpc) is 2.70. The Morgan fingerprint density at radius 3 is 2.06 bits per heavy atom. The molecule has 0 unspecified atom stereocenters. The van der Waals surface area contributed by atoms with Crippen molar-refractivity contribution in [3.8, 4) is 0 Å². The van der Waals surface area contributed by atoms with Crippen LogP contribution in [0.15, 0.2) is 11.6 Å². The van der Waals surface area contributed by atoms with Gasteiger partial charge in [-0.2, -0.15) is 0 Å². The fourth-order valence-corrected chi connectivity index (χ4v) is 10.6. The Hall–Kier alpha value is -0.340. The lowest BCUT2D eigenvalue weighted by Crippen LogP contribution is -2.71. The van der Waals surface area contributed by atoms with E-state index in [9.17, 15) is 10.2 Å². The molecule has 0 spiro atoms. The van der Waals surface area contributed by atoms with Gasteiger partial charge in [-0.15, -0.1) is 0 Å². The van der Waals surface area contributed by atoms with Gasteiger partial charge in [-0.1, -0.05) is 67.0 Å². The van der Waals surface area contributed by atoms with Crippen LogP contribution in [0.1, 0.15) is 113 Å². The minimum atomic E-state index is -0.274. The summed E-state index contributed by atoms with van der Waals surface area (Å²) < 4.78 is 0. The summed E-state index contributed by atoms with van der Waals surface area (Å²) in [6.07, 6.45) is 12.5. The molecular formula is C30H50O2. The summed E-state index contributed by atoms with van der Waals surface area (Å²) in [5, 5.41) is 23.5. The third kappa shape index (κ3) is 2.72. The fourth-order valence-electron chi connectivity index (χ4n) is 10.6. The van der Waals surface area contributed by atoms with Crippen molar-refractivity contribution in [3.05, 3.63) is 11.6 Å². The van der Waals surface area contributed by atoms with Crippen molar-refractivity contribution in [1.82, 2.24) is 0 Å². The molecule has 0 aliphatic heterocycles. The summed E-state index contributed by atoms with van der Waals surface area (Å²) in [5.41, 5.74) is 2.42. The zero-order valence-electron chi connectivity index (χ0n) is 22.2. The quantitative estimate of drug-likeness (QED) is 0.391. The second kappa shape index (κ2) is 6.66. The zero-order valence-corrected chi connectivity index (χ0v) is 22.2. The third-order valence-corrected chi connectivity index (χ3v) is 13.0. The van der Waals surface area contributed by atoms with Crippen LogP contribution >= 0.6 is 0 Å².